The van der Waals surface area contributed by atoms with E-state index in [4.69, 9.17) is 0 Å². The molecular formula is C20H18N8O. The maximum absolute atomic E-state index is 12.2. The molecule has 0 fully saturated rings. The number of pyridine rings is 1. The van der Waals surface area contributed by atoms with Gasteiger partial charge in [0, 0.05) is 19.3 Å². The first-order valence-corrected chi connectivity index (χ1v) is 9.03. The molecule has 3 N–H and O–H groups in total. The average Bonchev–Trinajstić information content (AvgIpc) is 2.78. The lowest BCUT2D eigenvalue weighted by Crippen LogP contribution is -2.29. The summed E-state index contributed by atoms with van der Waals surface area (Å²) in [6.45, 7) is 0.900. The summed E-state index contributed by atoms with van der Waals surface area (Å²) in [7, 11) is 0. The highest BCUT2D eigenvalue weighted by Gasteiger charge is 2.08. The fourth-order valence-corrected chi connectivity index (χ4v) is 2.58. The van der Waals surface area contributed by atoms with Gasteiger partial charge in [-0.15, -0.1) is 10.2 Å². The third-order valence-electron chi connectivity index (χ3n) is 3.98. The highest BCUT2D eigenvalue weighted by Crippen LogP contribution is 2.11. The number of fused-ring (bicyclic) bond motifs is 1. The number of anilines is 3. The van der Waals surface area contributed by atoms with E-state index in [9.17, 15) is 4.79 Å². The number of benzene rings is 1. The van der Waals surface area contributed by atoms with Gasteiger partial charge in [-0.05, 0) is 36.4 Å². The van der Waals surface area contributed by atoms with E-state index in [1.54, 1.807) is 18.3 Å². The number of carbonyl (C=O) groups excluding carboxylic acids is 1. The van der Waals surface area contributed by atoms with Gasteiger partial charge in [0.15, 0.2) is 5.82 Å². The molecule has 0 aliphatic carbocycles. The van der Waals surface area contributed by atoms with Crippen LogP contribution in [0, 0.1) is 0 Å². The normalized spacial score (nSPS) is 10.5. The summed E-state index contributed by atoms with van der Waals surface area (Å²) in [5.41, 5.74) is 1.73. The first-order valence-electron chi connectivity index (χ1n) is 9.03. The van der Waals surface area contributed by atoms with Gasteiger partial charge in [0.25, 0.3) is 5.91 Å². The Bertz CT molecular complexity index is 1100. The van der Waals surface area contributed by atoms with Crippen molar-refractivity contribution >= 4 is 34.4 Å². The second-order valence-corrected chi connectivity index (χ2v) is 6.07. The van der Waals surface area contributed by atoms with Crippen LogP contribution in [-0.4, -0.2) is 44.1 Å². The molecule has 9 nitrogen and oxygen atoms in total. The lowest BCUT2D eigenvalue weighted by atomic mass is 10.3. The van der Waals surface area contributed by atoms with Crippen LogP contribution in [0.1, 0.15) is 10.5 Å². The molecule has 0 spiro atoms. The minimum absolute atomic E-state index is 0.272. The van der Waals surface area contributed by atoms with Crippen LogP contribution in [0.25, 0.3) is 11.0 Å². The number of hydrogen-bond acceptors (Lipinski definition) is 8. The lowest BCUT2D eigenvalue weighted by molar-refractivity contribution is 0.0950. The predicted molar refractivity (Wildman–Crippen MR) is 110 cm³/mol. The van der Waals surface area contributed by atoms with E-state index in [-0.39, 0.29) is 11.6 Å². The fraction of sp³-hybridized carbons (Fsp3) is 0.100. The molecule has 0 radical (unpaired) electrons. The topological polar surface area (TPSA) is 118 Å². The van der Waals surface area contributed by atoms with Crippen molar-refractivity contribution in [3.8, 4) is 0 Å². The van der Waals surface area contributed by atoms with Gasteiger partial charge in [0.2, 0.25) is 0 Å². The van der Waals surface area contributed by atoms with E-state index in [0.29, 0.717) is 36.1 Å². The second kappa shape index (κ2) is 8.70. The van der Waals surface area contributed by atoms with Crippen LogP contribution in [0.15, 0.2) is 67.0 Å². The molecule has 0 saturated heterocycles. The number of carbonyl (C=O) groups is 1. The molecule has 3 heterocycles. The summed E-state index contributed by atoms with van der Waals surface area (Å²) in [4.78, 5) is 25.0. The van der Waals surface area contributed by atoms with Crippen LogP contribution in [-0.2, 0) is 0 Å². The van der Waals surface area contributed by atoms with Gasteiger partial charge < -0.3 is 16.0 Å². The molecule has 0 bridgehead atoms. The van der Waals surface area contributed by atoms with Crippen molar-refractivity contribution in [2.24, 2.45) is 0 Å². The molecule has 0 aliphatic rings. The Morgan fingerprint density at radius 1 is 0.793 bits per heavy atom. The minimum Gasteiger partial charge on any atom is -0.367 e. The summed E-state index contributed by atoms with van der Waals surface area (Å²) >= 11 is 0. The van der Waals surface area contributed by atoms with E-state index in [2.05, 4.69) is 41.1 Å². The summed E-state index contributed by atoms with van der Waals surface area (Å²) in [5, 5.41) is 17.2. The molecule has 9 heteroatoms. The summed E-state index contributed by atoms with van der Waals surface area (Å²) in [5.74, 6) is 1.63. The van der Waals surface area contributed by atoms with Crippen molar-refractivity contribution in [2.75, 3.05) is 23.7 Å². The summed E-state index contributed by atoms with van der Waals surface area (Å²) in [6.07, 6.45) is 3.17. The molecular weight excluding hydrogens is 368 g/mol. The number of nitrogens with zero attached hydrogens (tertiary/aromatic N) is 5. The molecule has 29 heavy (non-hydrogen) atoms. The van der Waals surface area contributed by atoms with Gasteiger partial charge in [-0.1, -0.05) is 18.2 Å². The Labute approximate surface area is 166 Å². The molecule has 0 saturated carbocycles. The maximum atomic E-state index is 12.2. The number of aromatic nitrogens is 5. The van der Waals surface area contributed by atoms with Crippen molar-refractivity contribution in [3.63, 3.8) is 0 Å². The van der Waals surface area contributed by atoms with Crippen LogP contribution >= 0.6 is 0 Å². The summed E-state index contributed by atoms with van der Waals surface area (Å²) in [6, 6.07) is 16.6. The van der Waals surface area contributed by atoms with Crippen LogP contribution in [0.3, 0.4) is 0 Å². The molecule has 0 atom stereocenters. The first-order chi connectivity index (χ1) is 14.3. The average molecular weight is 386 g/mol. The van der Waals surface area contributed by atoms with Gasteiger partial charge in [0.1, 0.15) is 17.3 Å². The molecule has 144 valence electrons. The van der Waals surface area contributed by atoms with E-state index >= 15 is 0 Å². The largest absolute Gasteiger partial charge is 0.367 e. The van der Waals surface area contributed by atoms with E-state index in [0.717, 1.165) is 5.52 Å². The van der Waals surface area contributed by atoms with Gasteiger partial charge in [0.05, 0.1) is 17.2 Å². The molecule has 0 aliphatic heterocycles. The number of para-hydroxylation sites is 2. The molecule has 4 rings (SSSR count). The minimum atomic E-state index is -0.272. The van der Waals surface area contributed by atoms with Crippen molar-refractivity contribution in [3.05, 3.63) is 72.7 Å². The van der Waals surface area contributed by atoms with Crippen molar-refractivity contribution < 1.29 is 4.79 Å². The SMILES string of the molecule is O=C(NCCNc1ccc(Nc2ccccn2)nn1)c1cnc2ccccc2n1. The standard InChI is InChI=1S/C20H18N8O/c29-20(16-13-24-14-5-1-2-6-15(14)25-16)23-12-11-22-18-8-9-19(28-27-18)26-17-7-3-4-10-21-17/h1-10,13H,11-12H2,(H,22,27)(H,23,29)(H,21,26,28). The van der Waals surface area contributed by atoms with Crippen molar-refractivity contribution in [1.82, 2.24) is 30.5 Å². The van der Waals surface area contributed by atoms with Crippen LogP contribution in [0.4, 0.5) is 17.5 Å². The molecule has 4 aromatic rings. The number of nitrogens with one attached hydrogen (secondary N) is 3. The number of rotatable bonds is 7. The Kier molecular flexibility index (Phi) is 5.47. The lowest BCUT2D eigenvalue weighted by Gasteiger charge is -2.08. The first kappa shape index (κ1) is 18.2. The number of hydrogen-bond donors (Lipinski definition) is 3. The maximum Gasteiger partial charge on any atom is 0.271 e. The predicted octanol–water partition coefficient (Wildman–Crippen LogP) is 2.40. The zero-order valence-corrected chi connectivity index (χ0v) is 15.4. The number of amides is 1. The van der Waals surface area contributed by atoms with Gasteiger partial charge in [-0.3, -0.25) is 9.78 Å². The van der Waals surface area contributed by atoms with Crippen LogP contribution in [0.2, 0.25) is 0 Å². The van der Waals surface area contributed by atoms with E-state index < -0.39 is 0 Å². The summed E-state index contributed by atoms with van der Waals surface area (Å²) < 4.78 is 0. The third-order valence-corrected chi connectivity index (χ3v) is 3.98. The van der Waals surface area contributed by atoms with Crippen molar-refractivity contribution in [1.29, 1.82) is 0 Å². The quantitative estimate of drug-likeness (QED) is 0.415. The van der Waals surface area contributed by atoms with Gasteiger partial charge in [-0.25, -0.2) is 9.97 Å². The zero-order chi connectivity index (χ0) is 19.9. The smallest absolute Gasteiger partial charge is 0.271 e. The van der Waals surface area contributed by atoms with E-state index in [1.807, 2.05) is 42.5 Å². The Morgan fingerprint density at radius 3 is 2.38 bits per heavy atom. The van der Waals surface area contributed by atoms with Crippen LogP contribution < -0.4 is 16.0 Å². The van der Waals surface area contributed by atoms with Crippen molar-refractivity contribution in [2.45, 2.75) is 0 Å². The molecule has 0 unspecified atom stereocenters. The Balaban J connectivity index is 1.25. The highest BCUT2D eigenvalue weighted by molar-refractivity contribution is 5.93. The highest BCUT2D eigenvalue weighted by atomic mass is 16.1. The third kappa shape index (κ3) is 4.78. The zero-order valence-electron chi connectivity index (χ0n) is 15.4. The Morgan fingerprint density at radius 2 is 1.59 bits per heavy atom. The van der Waals surface area contributed by atoms with Crippen LogP contribution in [0.5, 0.6) is 0 Å². The Hall–Kier alpha value is -4.14. The van der Waals surface area contributed by atoms with Gasteiger partial charge in [-0.2, -0.15) is 0 Å². The fourth-order valence-electron chi connectivity index (χ4n) is 2.58. The molecule has 1 amide bonds. The van der Waals surface area contributed by atoms with E-state index in [1.165, 1.54) is 6.20 Å². The molecule has 1 aromatic carbocycles. The second-order valence-electron chi connectivity index (χ2n) is 6.07. The monoisotopic (exact) mass is 386 g/mol. The van der Waals surface area contributed by atoms with Gasteiger partial charge >= 0.3 is 0 Å². The molecule has 3 aromatic heterocycles.